The molecule has 0 radical (unpaired) electrons. The van der Waals surface area contributed by atoms with Gasteiger partial charge in [-0.2, -0.15) is 0 Å². The van der Waals surface area contributed by atoms with Crippen molar-refractivity contribution in [2.24, 2.45) is 5.92 Å². The maximum atomic E-state index is 12.9. The Kier molecular flexibility index (Phi) is 4.10. The fraction of sp³-hybridized carbons (Fsp3) is 0.500. The summed E-state index contributed by atoms with van der Waals surface area (Å²) in [6.07, 6.45) is 9.18. The standard InChI is InChI=1S/C22H26N4O/c27-20(25-15-16-6-7-16)18-14-22(19-5-2-1-4-17(18)19)8-12-26(13-9-22)21-23-10-3-11-24-21/h1-5,10-11,16,18H,6-9,12-15H2,(H,25,27)/t18-/m1/s1. The minimum Gasteiger partial charge on any atom is -0.355 e. The van der Waals surface area contributed by atoms with Crippen LogP contribution in [0.4, 0.5) is 5.95 Å². The van der Waals surface area contributed by atoms with Gasteiger partial charge < -0.3 is 10.2 Å². The molecule has 140 valence electrons. The summed E-state index contributed by atoms with van der Waals surface area (Å²) in [6.45, 7) is 2.73. The van der Waals surface area contributed by atoms with Gasteiger partial charge in [-0.25, -0.2) is 9.97 Å². The molecular weight excluding hydrogens is 336 g/mol. The third-order valence-electron chi connectivity index (χ3n) is 6.64. The summed E-state index contributed by atoms with van der Waals surface area (Å²) in [5.41, 5.74) is 2.75. The van der Waals surface area contributed by atoms with E-state index in [1.54, 1.807) is 12.4 Å². The molecule has 2 heterocycles. The summed E-state index contributed by atoms with van der Waals surface area (Å²) in [7, 11) is 0. The van der Waals surface area contributed by atoms with E-state index < -0.39 is 0 Å². The number of piperidine rings is 1. The number of rotatable bonds is 4. The summed E-state index contributed by atoms with van der Waals surface area (Å²) in [6, 6.07) is 10.5. The molecule has 2 aliphatic carbocycles. The molecule has 1 N–H and O–H groups in total. The second-order valence-electron chi connectivity index (χ2n) is 8.35. The fourth-order valence-corrected chi connectivity index (χ4v) is 4.88. The molecule has 1 saturated heterocycles. The summed E-state index contributed by atoms with van der Waals surface area (Å²) in [5, 5.41) is 3.21. The molecule has 5 rings (SSSR count). The lowest BCUT2D eigenvalue weighted by molar-refractivity contribution is -0.122. The first kappa shape index (κ1) is 16.7. The molecule has 1 aromatic heterocycles. The number of nitrogens with one attached hydrogen (secondary N) is 1. The zero-order valence-electron chi connectivity index (χ0n) is 15.6. The monoisotopic (exact) mass is 362 g/mol. The molecule has 3 aliphatic rings. The maximum Gasteiger partial charge on any atom is 0.227 e. The molecule has 1 aromatic carbocycles. The number of carbonyl (C=O) groups is 1. The van der Waals surface area contributed by atoms with E-state index in [0.29, 0.717) is 5.92 Å². The Hall–Kier alpha value is -2.43. The average molecular weight is 362 g/mol. The normalized spacial score (nSPS) is 23.3. The lowest BCUT2D eigenvalue weighted by Gasteiger charge is -2.40. The van der Waals surface area contributed by atoms with E-state index in [2.05, 4.69) is 44.5 Å². The van der Waals surface area contributed by atoms with Crippen LogP contribution in [0.1, 0.15) is 49.1 Å². The van der Waals surface area contributed by atoms with Gasteiger partial charge in [-0.05, 0) is 55.2 Å². The van der Waals surface area contributed by atoms with Gasteiger partial charge in [-0.15, -0.1) is 0 Å². The fourth-order valence-electron chi connectivity index (χ4n) is 4.88. The lowest BCUT2D eigenvalue weighted by Crippen LogP contribution is -2.42. The molecule has 27 heavy (non-hydrogen) atoms. The molecule has 5 heteroatoms. The van der Waals surface area contributed by atoms with Gasteiger partial charge in [-0.3, -0.25) is 4.79 Å². The Bertz CT molecular complexity index is 825. The third-order valence-corrected chi connectivity index (χ3v) is 6.64. The van der Waals surface area contributed by atoms with E-state index >= 15 is 0 Å². The predicted molar refractivity (Wildman–Crippen MR) is 105 cm³/mol. The van der Waals surface area contributed by atoms with Crippen LogP contribution in [-0.4, -0.2) is 35.5 Å². The van der Waals surface area contributed by atoms with Crippen molar-refractivity contribution in [1.82, 2.24) is 15.3 Å². The van der Waals surface area contributed by atoms with Crippen LogP contribution in [0.15, 0.2) is 42.7 Å². The summed E-state index contributed by atoms with van der Waals surface area (Å²) in [5.74, 6) is 1.76. The first-order chi connectivity index (χ1) is 13.3. The van der Waals surface area contributed by atoms with E-state index in [0.717, 1.165) is 44.8 Å². The van der Waals surface area contributed by atoms with Crippen LogP contribution in [0.3, 0.4) is 0 Å². The van der Waals surface area contributed by atoms with Crippen LogP contribution in [0.25, 0.3) is 0 Å². The predicted octanol–water partition coefficient (Wildman–Crippen LogP) is 3.03. The highest BCUT2D eigenvalue weighted by Crippen LogP contribution is 2.51. The van der Waals surface area contributed by atoms with Crippen molar-refractivity contribution in [1.29, 1.82) is 0 Å². The summed E-state index contributed by atoms with van der Waals surface area (Å²) in [4.78, 5) is 24.0. The lowest BCUT2D eigenvalue weighted by atomic mass is 9.73. The van der Waals surface area contributed by atoms with Crippen molar-refractivity contribution in [2.45, 2.75) is 43.4 Å². The largest absolute Gasteiger partial charge is 0.355 e. The highest BCUT2D eigenvalue weighted by Gasteiger charge is 2.47. The molecule has 5 nitrogen and oxygen atoms in total. The molecule has 0 bridgehead atoms. The van der Waals surface area contributed by atoms with Crippen molar-refractivity contribution in [2.75, 3.05) is 24.5 Å². The molecule has 1 saturated carbocycles. The first-order valence-corrected chi connectivity index (χ1v) is 10.1. The van der Waals surface area contributed by atoms with E-state index in [9.17, 15) is 4.79 Å². The topological polar surface area (TPSA) is 58.1 Å². The van der Waals surface area contributed by atoms with Crippen molar-refractivity contribution < 1.29 is 4.79 Å². The smallest absolute Gasteiger partial charge is 0.227 e. The first-order valence-electron chi connectivity index (χ1n) is 10.1. The van der Waals surface area contributed by atoms with Crippen molar-refractivity contribution in [3.63, 3.8) is 0 Å². The second kappa shape index (κ2) is 6.63. The molecule has 1 amide bonds. The zero-order chi connectivity index (χ0) is 18.3. The molecule has 2 aromatic rings. The summed E-state index contributed by atoms with van der Waals surface area (Å²) >= 11 is 0. The molecule has 1 spiro atoms. The number of nitrogens with zero attached hydrogens (tertiary/aromatic N) is 3. The molecule has 2 fully saturated rings. The van der Waals surface area contributed by atoms with Gasteiger partial charge in [0.1, 0.15) is 0 Å². The number of aromatic nitrogens is 2. The molecule has 1 aliphatic heterocycles. The SMILES string of the molecule is O=C(NCC1CC1)[C@@H]1CC2(CCN(c3ncccn3)CC2)c2ccccc21. The van der Waals surface area contributed by atoms with Crippen LogP contribution >= 0.6 is 0 Å². The molecule has 1 atom stereocenters. The highest BCUT2D eigenvalue weighted by atomic mass is 16.1. The number of hydrogen-bond donors (Lipinski definition) is 1. The van der Waals surface area contributed by atoms with Crippen molar-refractivity contribution in [3.05, 3.63) is 53.9 Å². The number of amides is 1. The van der Waals surface area contributed by atoms with Crippen molar-refractivity contribution in [3.8, 4) is 0 Å². The Labute approximate surface area is 160 Å². The van der Waals surface area contributed by atoms with Crippen LogP contribution in [0, 0.1) is 5.92 Å². The van der Waals surface area contributed by atoms with E-state index in [1.165, 1.54) is 24.0 Å². The average Bonchev–Trinajstić information content (AvgIpc) is 3.51. The van der Waals surface area contributed by atoms with Crippen LogP contribution in [0.2, 0.25) is 0 Å². The van der Waals surface area contributed by atoms with Gasteiger partial charge in [0.05, 0.1) is 5.92 Å². The summed E-state index contributed by atoms with van der Waals surface area (Å²) < 4.78 is 0. The van der Waals surface area contributed by atoms with Crippen LogP contribution in [-0.2, 0) is 10.2 Å². The Balaban J connectivity index is 1.35. The number of hydrogen-bond acceptors (Lipinski definition) is 4. The minimum atomic E-state index is -0.000486. The Morgan fingerprint density at radius 3 is 2.59 bits per heavy atom. The van der Waals surface area contributed by atoms with Gasteiger partial charge >= 0.3 is 0 Å². The second-order valence-corrected chi connectivity index (χ2v) is 8.35. The molecule has 0 unspecified atom stereocenters. The van der Waals surface area contributed by atoms with E-state index in [4.69, 9.17) is 0 Å². The third kappa shape index (κ3) is 3.09. The maximum absolute atomic E-state index is 12.9. The van der Waals surface area contributed by atoms with Crippen LogP contribution in [0.5, 0.6) is 0 Å². The van der Waals surface area contributed by atoms with Gasteiger partial charge in [0.25, 0.3) is 0 Å². The quantitative estimate of drug-likeness (QED) is 0.908. The van der Waals surface area contributed by atoms with E-state index in [1.807, 2.05) is 6.07 Å². The number of carbonyl (C=O) groups excluding carboxylic acids is 1. The van der Waals surface area contributed by atoms with Gasteiger partial charge in [0.2, 0.25) is 11.9 Å². The van der Waals surface area contributed by atoms with Crippen LogP contribution < -0.4 is 10.2 Å². The number of anilines is 1. The highest BCUT2D eigenvalue weighted by molar-refractivity contribution is 5.85. The number of benzene rings is 1. The number of fused-ring (bicyclic) bond motifs is 2. The van der Waals surface area contributed by atoms with Gasteiger partial charge in [-0.1, -0.05) is 24.3 Å². The molecular formula is C22H26N4O. The van der Waals surface area contributed by atoms with Crippen molar-refractivity contribution >= 4 is 11.9 Å². The Morgan fingerprint density at radius 2 is 1.85 bits per heavy atom. The minimum absolute atomic E-state index is 0.000486. The van der Waals surface area contributed by atoms with E-state index in [-0.39, 0.29) is 17.2 Å². The zero-order valence-corrected chi connectivity index (χ0v) is 15.6. The van der Waals surface area contributed by atoms with Gasteiger partial charge in [0, 0.05) is 37.4 Å². The van der Waals surface area contributed by atoms with Gasteiger partial charge in [0.15, 0.2) is 0 Å². The Morgan fingerprint density at radius 1 is 1.11 bits per heavy atom.